The molecule has 0 amide bonds. The van der Waals surface area contributed by atoms with E-state index < -0.39 is 0 Å². The van der Waals surface area contributed by atoms with Gasteiger partial charge in [-0.05, 0) is 42.3 Å². The molecule has 0 aliphatic rings. The predicted octanol–water partition coefficient (Wildman–Crippen LogP) is 6.83. The van der Waals surface area contributed by atoms with Gasteiger partial charge in [-0.25, -0.2) is 0 Å². The Hall–Kier alpha value is -1.43. The Morgan fingerprint density at radius 1 is 0.757 bits per heavy atom. The van der Waals surface area contributed by atoms with E-state index >= 15 is 0 Å². The predicted molar refractivity (Wildman–Crippen MR) is 151 cm³/mol. The number of hydrogen-bond donors (Lipinski definition) is 1. The molecule has 1 aromatic heterocycles. The van der Waals surface area contributed by atoms with Crippen molar-refractivity contribution in [3.05, 3.63) is 117 Å². The van der Waals surface area contributed by atoms with Crippen molar-refractivity contribution in [2.75, 3.05) is 41.3 Å². The number of anilines is 4. The number of hydrogen-bond acceptors (Lipinski definition) is 4. The number of benzene rings is 3. The number of nitrogens with zero attached hydrogens (tertiary/aromatic N) is 3. The summed E-state index contributed by atoms with van der Waals surface area (Å²) < 4.78 is 0. The van der Waals surface area contributed by atoms with Crippen molar-refractivity contribution in [3.63, 3.8) is 0 Å². The number of para-hydroxylation sites is 1. The standard InChI is InChI=1S/C31H34N4.2U/c1-6-34(7-2)25-19-20-30(35(8-3)9-4)29(22-25)33-31-23(5)28(21-24-15-11-10-12-16-24)32-27-18-14-13-17-26(27)31;;/h10-20,22H,1-4,6-9,21H2,5H3,(H,32,33);;/q-4;2*+2. The molecule has 0 radical (unpaired) electrons. The molecule has 4 aromatic rings. The number of fused-ring (bicyclic) bond motifs is 1. The summed E-state index contributed by atoms with van der Waals surface area (Å²) in [7, 11) is 0. The summed E-state index contributed by atoms with van der Waals surface area (Å²) in [5, 5.41) is 4.90. The van der Waals surface area contributed by atoms with Crippen LogP contribution in [0.1, 0.15) is 16.8 Å². The number of pyridine rings is 1. The average Bonchev–Trinajstić information content (AvgIpc) is 2.89. The third-order valence-corrected chi connectivity index (χ3v) is 6.48. The Labute approximate surface area is 270 Å². The van der Waals surface area contributed by atoms with Crippen LogP contribution in [0.5, 0.6) is 0 Å². The molecule has 0 spiro atoms. The summed E-state index contributed by atoms with van der Waals surface area (Å²) >= 11 is 0. The van der Waals surface area contributed by atoms with E-state index in [0.717, 1.165) is 51.3 Å². The summed E-state index contributed by atoms with van der Waals surface area (Å²) in [6, 6.07) is 25.2. The van der Waals surface area contributed by atoms with E-state index in [-0.39, 0.29) is 62.2 Å². The molecule has 0 bridgehead atoms. The van der Waals surface area contributed by atoms with Crippen molar-refractivity contribution in [1.82, 2.24) is 4.98 Å². The molecular weight excluding hydrogens is 904 g/mol. The molecular formula is C31H34N4U2. The molecule has 0 unspecified atom stereocenters. The first-order valence-corrected chi connectivity index (χ1v) is 12.1. The molecule has 37 heavy (non-hydrogen) atoms. The number of nitrogens with one attached hydrogen (secondary N) is 1. The van der Waals surface area contributed by atoms with Gasteiger partial charge in [0, 0.05) is 17.5 Å². The smallest absolute Gasteiger partial charge is 0.432 e. The van der Waals surface area contributed by atoms with Gasteiger partial charge in [-0.1, -0.05) is 48.5 Å². The van der Waals surface area contributed by atoms with Crippen LogP contribution >= 0.6 is 0 Å². The Bertz CT molecular complexity index is 1270. The van der Waals surface area contributed by atoms with Gasteiger partial charge in [0.1, 0.15) is 0 Å². The number of rotatable bonds is 10. The topological polar surface area (TPSA) is 31.4 Å². The van der Waals surface area contributed by atoms with E-state index in [1.165, 1.54) is 5.56 Å². The van der Waals surface area contributed by atoms with Crippen LogP contribution in [0.4, 0.5) is 22.7 Å². The summed E-state index contributed by atoms with van der Waals surface area (Å²) in [6.45, 7) is 21.1. The van der Waals surface area contributed by atoms with E-state index in [1.807, 2.05) is 12.1 Å². The SMILES string of the molecule is [CH2-]CN(C[CH2-])c1ccc(N(C[CH2-])C[CH2-])c(Nc2c(C)c(Cc3ccccc3)nc3ccccc23)c1.[U+2].[U+2]. The molecule has 0 aliphatic heterocycles. The average molecular weight is 939 g/mol. The summed E-state index contributed by atoms with van der Waals surface area (Å²) in [5.74, 6) is 0. The van der Waals surface area contributed by atoms with Crippen molar-refractivity contribution in [2.45, 2.75) is 13.3 Å². The Kier molecular flexibility index (Phi) is 13.1. The fourth-order valence-corrected chi connectivity index (χ4v) is 4.43. The van der Waals surface area contributed by atoms with E-state index in [0.29, 0.717) is 26.2 Å². The molecule has 0 atom stereocenters. The first-order valence-electron chi connectivity index (χ1n) is 12.1. The normalized spacial score (nSPS) is 10.4. The minimum Gasteiger partial charge on any atom is -0.432 e. The van der Waals surface area contributed by atoms with Gasteiger partial charge in [-0.15, -0.1) is 26.2 Å². The second-order valence-corrected chi connectivity index (χ2v) is 8.54. The molecule has 0 saturated carbocycles. The second-order valence-electron chi connectivity index (χ2n) is 8.54. The fourth-order valence-electron chi connectivity index (χ4n) is 4.43. The number of aromatic nitrogens is 1. The quantitative estimate of drug-likeness (QED) is 0.177. The second kappa shape index (κ2) is 15.2. The van der Waals surface area contributed by atoms with Crippen molar-refractivity contribution in [3.8, 4) is 0 Å². The first kappa shape index (κ1) is 31.8. The summed E-state index contributed by atoms with van der Waals surface area (Å²) in [5.41, 5.74) is 8.66. The van der Waals surface area contributed by atoms with Crippen LogP contribution in [0.3, 0.4) is 0 Å². The Balaban J connectivity index is 0.00000241. The maximum absolute atomic E-state index is 5.04. The van der Waals surface area contributed by atoms with Gasteiger partial charge in [-0.2, -0.15) is 0 Å². The molecule has 1 N–H and O–H groups in total. The van der Waals surface area contributed by atoms with Gasteiger partial charge in [0.05, 0.1) is 28.3 Å². The zero-order valence-corrected chi connectivity index (χ0v) is 30.0. The van der Waals surface area contributed by atoms with Crippen LogP contribution in [0, 0.1) is 96.8 Å². The van der Waals surface area contributed by atoms with E-state index in [1.54, 1.807) is 0 Å². The molecule has 0 saturated heterocycles. The fraction of sp³-hybridized carbons (Fsp3) is 0.194. The van der Waals surface area contributed by atoms with E-state index in [2.05, 4.69) is 110 Å². The van der Waals surface area contributed by atoms with Gasteiger partial charge in [0.2, 0.25) is 0 Å². The van der Waals surface area contributed by atoms with Gasteiger partial charge >= 0.3 is 62.2 Å². The maximum atomic E-state index is 5.04. The van der Waals surface area contributed by atoms with Crippen molar-refractivity contribution >= 4 is 33.7 Å². The van der Waals surface area contributed by atoms with E-state index in [4.69, 9.17) is 4.98 Å². The Morgan fingerprint density at radius 2 is 1.38 bits per heavy atom. The van der Waals surface area contributed by atoms with E-state index in [9.17, 15) is 0 Å². The van der Waals surface area contributed by atoms with Crippen LogP contribution in [-0.2, 0) is 6.42 Å². The monoisotopic (exact) mass is 938 g/mol. The third-order valence-electron chi connectivity index (χ3n) is 6.48. The molecule has 4 rings (SSSR count). The van der Waals surface area contributed by atoms with Gasteiger partial charge in [-0.3, -0.25) is 4.98 Å². The maximum Gasteiger partial charge on any atom is 2.00 e. The van der Waals surface area contributed by atoms with Crippen molar-refractivity contribution in [2.24, 2.45) is 0 Å². The van der Waals surface area contributed by atoms with Gasteiger partial charge in [0.15, 0.2) is 0 Å². The zero-order chi connectivity index (χ0) is 24.8. The Morgan fingerprint density at radius 3 is 2.03 bits per heavy atom. The van der Waals surface area contributed by atoms with Gasteiger partial charge in [0.25, 0.3) is 0 Å². The van der Waals surface area contributed by atoms with Crippen LogP contribution in [-0.4, -0.2) is 31.2 Å². The van der Waals surface area contributed by atoms with Crippen LogP contribution in [0.2, 0.25) is 0 Å². The summed E-state index contributed by atoms with van der Waals surface area (Å²) in [6.07, 6.45) is 0.778. The molecule has 1 heterocycles. The van der Waals surface area contributed by atoms with Crippen LogP contribution in [0.15, 0.2) is 72.8 Å². The van der Waals surface area contributed by atoms with Crippen LogP contribution in [0.25, 0.3) is 10.9 Å². The minimum absolute atomic E-state index is 0. The molecule has 3 aromatic carbocycles. The minimum atomic E-state index is 0. The summed E-state index contributed by atoms with van der Waals surface area (Å²) in [4.78, 5) is 9.35. The first-order chi connectivity index (χ1) is 17.1. The zero-order valence-electron chi connectivity index (χ0n) is 21.6. The molecule has 4 nitrogen and oxygen atoms in total. The van der Waals surface area contributed by atoms with Gasteiger partial charge < -0.3 is 42.8 Å². The van der Waals surface area contributed by atoms with Crippen LogP contribution < -0.4 is 15.1 Å². The molecule has 0 fully saturated rings. The van der Waals surface area contributed by atoms with Crippen molar-refractivity contribution in [1.29, 1.82) is 0 Å². The molecule has 0 aliphatic carbocycles. The molecule has 186 valence electrons. The largest absolute Gasteiger partial charge is 2.00 e. The van der Waals surface area contributed by atoms with Crippen molar-refractivity contribution < 1.29 is 62.2 Å². The molecule has 6 heteroatoms. The third kappa shape index (κ3) is 7.37.